The summed E-state index contributed by atoms with van der Waals surface area (Å²) >= 11 is 11.9. The van der Waals surface area contributed by atoms with Crippen molar-refractivity contribution in [2.45, 2.75) is 11.4 Å². The maximum Gasteiger partial charge on any atom is 0.369 e. The second kappa shape index (κ2) is 3.08. The van der Waals surface area contributed by atoms with Gasteiger partial charge in [0.15, 0.2) is 0 Å². The van der Waals surface area contributed by atoms with Gasteiger partial charge in [-0.25, -0.2) is 4.79 Å². The molecule has 2 nitrogen and oxygen atoms in total. The molecule has 0 atom stereocenters. The van der Waals surface area contributed by atoms with Crippen LogP contribution in [-0.4, -0.2) is 8.50 Å². The summed E-state index contributed by atoms with van der Waals surface area (Å²) < 4.78 is 2.41. The third-order valence-corrected chi connectivity index (χ3v) is 0.634. The van der Waals surface area contributed by atoms with Crippen LogP contribution in [0.25, 0.3) is 0 Å². The maximum absolute atomic E-state index is 10.1. The Hall–Kier alpha value is 0.780. The quantitative estimate of drug-likeness (QED) is 0.415. The number of rotatable bonds is 1. The number of carbonyl (C=O) groups is 1. The molecule has 0 saturated carbocycles. The Morgan fingerprint density at radius 3 is 2.12 bits per heavy atom. The molecule has 0 fully saturated rings. The average molecular weight is 269 g/mol. The molecule has 0 heterocycles. The number of hydrogen-bond acceptors (Lipinski definition) is 2. The highest BCUT2D eigenvalue weighted by molar-refractivity contribution is 14.1. The molecule has 0 rings (SSSR count). The predicted molar refractivity (Wildman–Crippen MR) is 40.6 cm³/mol. The van der Waals surface area contributed by atoms with E-state index in [4.69, 9.17) is 23.2 Å². The lowest BCUT2D eigenvalue weighted by Gasteiger charge is -2.10. The van der Waals surface area contributed by atoms with Gasteiger partial charge in [-0.1, -0.05) is 23.2 Å². The highest BCUT2D eigenvalue weighted by Crippen LogP contribution is 2.22. The molecule has 0 aromatic heterocycles. The van der Waals surface area contributed by atoms with Crippen molar-refractivity contribution < 1.29 is 9.53 Å². The molecule has 0 aliphatic rings. The lowest BCUT2D eigenvalue weighted by molar-refractivity contribution is 0.155. The first-order valence-corrected chi connectivity index (χ1v) is 3.51. The summed E-state index contributed by atoms with van der Waals surface area (Å²) in [5.74, 6) is 0. The molecule has 0 radical (unpaired) electrons. The minimum atomic E-state index is -1.39. The number of halogens is 3. The van der Waals surface area contributed by atoms with Crippen molar-refractivity contribution in [3.63, 3.8) is 0 Å². The van der Waals surface area contributed by atoms with Crippen molar-refractivity contribution in [2.75, 3.05) is 0 Å². The predicted octanol–water partition coefficient (Wildman–Crippen LogP) is 2.71. The van der Waals surface area contributed by atoms with Gasteiger partial charge >= 0.3 is 3.98 Å². The number of hydrogen-bond donors (Lipinski definition) is 0. The molecule has 0 unspecified atom stereocenters. The summed E-state index contributed by atoms with van der Waals surface area (Å²) in [6.07, 6.45) is 0. The van der Waals surface area contributed by atoms with Crippen LogP contribution in [0.2, 0.25) is 0 Å². The summed E-state index contributed by atoms with van der Waals surface area (Å²) in [7, 11) is 0. The van der Waals surface area contributed by atoms with E-state index in [9.17, 15) is 4.79 Å². The zero-order valence-electron chi connectivity index (χ0n) is 3.95. The van der Waals surface area contributed by atoms with Gasteiger partial charge in [0.25, 0.3) is 4.52 Å². The van der Waals surface area contributed by atoms with Crippen LogP contribution in [0.4, 0.5) is 4.79 Å². The fourth-order valence-electron chi connectivity index (χ4n) is 0.141. The van der Waals surface area contributed by atoms with Crippen LogP contribution in [0.1, 0.15) is 6.92 Å². The Labute approximate surface area is 70.6 Å². The van der Waals surface area contributed by atoms with Crippen molar-refractivity contribution in [3.05, 3.63) is 0 Å². The number of carbonyl (C=O) groups excluding carboxylic acids is 1. The molecule has 0 aromatic rings. The minimum absolute atomic E-state index is 0.518. The molecular weight excluding hydrogens is 266 g/mol. The summed E-state index contributed by atoms with van der Waals surface area (Å²) in [6.45, 7) is 1.37. The van der Waals surface area contributed by atoms with Gasteiger partial charge in [0.1, 0.15) is 0 Å². The monoisotopic (exact) mass is 268 g/mol. The molecule has 48 valence electrons. The van der Waals surface area contributed by atoms with Crippen LogP contribution in [0.15, 0.2) is 0 Å². The van der Waals surface area contributed by atoms with Gasteiger partial charge in [0.05, 0.1) is 22.6 Å². The zero-order chi connectivity index (χ0) is 6.78. The van der Waals surface area contributed by atoms with Gasteiger partial charge in [0.2, 0.25) is 0 Å². The van der Waals surface area contributed by atoms with Gasteiger partial charge in [-0.2, -0.15) is 0 Å². The average Bonchev–Trinajstić information content (AvgIpc) is 1.21. The van der Waals surface area contributed by atoms with Gasteiger partial charge in [0, 0.05) is 6.92 Å². The normalized spacial score (nSPS) is 11.0. The van der Waals surface area contributed by atoms with Gasteiger partial charge < -0.3 is 4.74 Å². The van der Waals surface area contributed by atoms with Crippen molar-refractivity contribution in [3.8, 4) is 0 Å². The summed E-state index contributed by atoms with van der Waals surface area (Å²) in [5, 5.41) is 0. The first-order chi connectivity index (χ1) is 3.42. The van der Waals surface area contributed by atoms with Crippen molar-refractivity contribution in [1.29, 1.82) is 0 Å². The number of alkyl halides is 2. The Balaban J connectivity index is 3.55. The van der Waals surface area contributed by atoms with Crippen LogP contribution < -0.4 is 0 Å². The van der Waals surface area contributed by atoms with Crippen molar-refractivity contribution in [2.24, 2.45) is 0 Å². The van der Waals surface area contributed by atoms with Crippen LogP contribution >= 0.6 is 45.8 Å². The fraction of sp³-hybridized carbons (Fsp3) is 0.667. The largest absolute Gasteiger partial charge is 0.422 e. The molecule has 0 N–H and O–H groups in total. The summed E-state index contributed by atoms with van der Waals surface area (Å²) in [4.78, 5) is 10.1. The molecule has 0 aromatic carbocycles. The van der Waals surface area contributed by atoms with E-state index in [1.165, 1.54) is 29.5 Å². The summed E-state index contributed by atoms with van der Waals surface area (Å²) in [5.41, 5.74) is 0. The molecule has 5 heteroatoms. The molecule has 0 aliphatic carbocycles. The van der Waals surface area contributed by atoms with E-state index >= 15 is 0 Å². The van der Waals surface area contributed by atoms with Crippen LogP contribution in [-0.2, 0) is 4.74 Å². The molecule has 0 spiro atoms. The third-order valence-electron chi connectivity index (χ3n) is 0.259. The lowest BCUT2D eigenvalue weighted by atomic mass is 10.8. The maximum atomic E-state index is 10.1. The third kappa shape index (κ3) is 6.78. The molecule has 8 heavy (non-hydrogen) atoms. The SMILES string of the molecule is CC(Cl)(Cl)OC(=O)I. The van der Waals surface area contributed by atoms with Crippen LogP contribution in [0, 0.1) is 0 Å². The first-order valence-electron chi connectivity index (χ1n) is 1.68. The van der Waals surface area contributed by atoms with E-state index < -0.39 is 8.50 Å². The minimum Gasteiger partial charge on any atom is -0.422 e. The first kappa shape index (κ1) is 8.78. The van der Waals surface area contributed by atoms with Crippen LogP contribution in [0.3, 0.4) is 0 Å². The highest BCUT2D eigenvalue weighted by Gasteiger charge is 2.19. The highest BCUT2D eigenvalue weighted by atomic mass is 127. The summed E-state index contributed by atoms with van der Waals surface area (Å²) in [6, 6.07) is 0. The molecule has 0 amide bonds. The topological polar surface area (TPSA) is 26.3 Å². The molecular formula is C3H3Cl2IO2. The smallest absolute Gasteiger partial charge is 0.369 e. The zero-order valence-corrected chi connectivity index (χ0v) is 7.62. The van der Waals surface area contributed by atoms with E-state index in [0.717, 1.165) is 0 Å². The Bertz CT molecular complexity index is 97.9. The van der Waals surface area contributed by atoms with E-state index in [1.807, 2.05) is 0 Å². The Morgan fingerprint density at radius 2 is 2.12 bits per heavy atom. The molecule has 0 bridgehead atoms. The van der Waals surface area contributed by atoms with Crippen molar-refractivity contribution in [1.82, 2.24) is 0 Å². The molecule has 0 saturated heterocycles. The lowest BCUT2D eigenvalue weighted by Crippen LogP contribution is -2.12. The van der Waals surface area contributed by atoms with Gasteiger partial charge in [-0.05, 0) is 0 Å². The van der Waals surface area contributed by atoms with Gasteiger partial charge in [-0.15, -0.1) is 0 Å². The second-order valence-corrected chi connectivity index (χ2v) is 3.66. The fourth-order valence-corrected chi connectivity index (χ4v) is 0.982. The van der Waals surface area contributed by atoms with Gasteiger partial charge in [-0.3, -0.25) is 0 Å². The van der Waals surface area contributed by atoms with E-state index in [-0.39, 0.29) is 0 Å². The van der Waals surface area contributed by atoms with E-state index in [2.05, 4.69) is 4.74 Å². The molecule has 0 aliphatic heterocycles. The van der Waals surface area contributed by atoms with E-state index in [0.29, 0.717) is 0 Å². The Kier molecular flexibility index (Phi) is 3.38. The van der Waals surface area contributed by atoms with Crippen molar-refractivity contribution >= 4 is 49.8 Å². The number of ether oxygens (including phenoxy) is 1. The Morgan fingerprint density at radius 1 is 1.75 bits per heavy atom. The van der Waals surface area contributed by atoms with E-state index in [1.54, 1.807) is 0 Å². The standard InChI is InChI=1S/C3H3Cl2IO2/c1-3(4,5)8-2(6)7/h1H3. The van der Waals surface area contributed by atoms with Crippen LogP contribution in [0.5, 0.6) is 0 Å². The second-order valence-electron chi connectivity index (χ2n) is 1.15.